The average Bonchev–Trinajstić information content (AvgIpc) is 2.73. The van der Waals surface area contributed by atoms with Crippen LogP contribution in [0.3, 0.4) is 0 Å². The van der Waals surface area contributed by atoms with Crippen LogP contribution in [0.5, 0.6) is 0 Å². The van der Waals surface area contributed by atoms with Crippen LogP contribution in [0.2, 0.25) is 5.02 Å². The number of benzene rings is 2. The van der Waals surface area contributed by atoms with Crippen molar-refractivity contribution in [1.82, 2.24) is 9.78 Å². The molecule has 28 heavy (non-hydrogen) atoms. The van der Waals surface area contributed by atoms with E-state index in [0.717, 1.165) is 31.7 Å². The fourth-order valence-corrected chi connectivity index (χ4v) is 3.80. The van der Waals surface area contributed by atoms with Gasteiger partial charge in [-0.2, -0.15) is 9.78 Å². The molecule has 0 unspecified atom stereocenters. The van der Waals surface area contributed by atoms with Crippen LogP contribution in [-0.2, 0) is 6.54 Å². The second-order valence-corrected chi connectivity index (χ2v) is 7.28. The van der Waals surface area contributed by atoms with Gasteiger partial charge in [-0.15, -0.1) is 0 Å². The summed E-state index contributed by atoms with van der Waals surface area (Å²) in [5.74, 6) is -0.158. The first kappa shape index (κ1) is 18.7. The third-order valence-electron chi connectivity index (χ3n) is 5.11. The summed E-state index contributed by atoms with van der Waals surface area (Å²) < 4.78 is 15.2. The minimum absolute atomic E-state index is 0.158. The van der Waals surface area contributed by atoms with Gasteiger partial charge >= 0.3 is 0 Å². The molecule has 0 aliphatic carbocycles. The van der Waals surface area contributed by atoms with Gasteiger partial charge in [-0.05, 0) is 18.2 Å². The van der Waals surface area contributed by atoms with Crippen molar-refractivity contribution < 1.29 is 9.29 Å². The molecular formula is C21H21ClFN4O+. The van der Waals surface area contributed by atoms with Gasteiger partial charge in [0.15, 0.2) is 0 Å². The summed E-state index contributed by atoms with van der Waals surface area (Å²) in [5, 5.41) is 4.48. The summed E-state index contributed by atoms with van der Waals surface area (Å²) in [6.45, 7) is 3.81. The second kappa shape index (κ2) is 8.12. The fourth-order valence-electron chi connectivity index (χ4n) is 3.55. The van der Waals surface area contributed by atoms with Crippen molar-refractivity contribution in [2.24, 2.45) is 0 Å². The number of halogens is 2. The Bertz CT molecular complexity index is 1020. The van der Waals surface area contributed by atoms with E-state index in [2.05, 4.69) is 10.00 Å². The van der Waals surface area contributed by atoms with Crippen LogP contribution in [0.15, 0.2) is 65.6 Å². The molecule has 1 aliphatic heterocycles. The maximum absolute atomic E-state index is 13.9. The molecule has 2 heterocycles. The Kier molecular flexibility index (Phi) is 5.41. The first-order chi connectivity index (χ1) is 13.6. The summed E-state index contributed by atoms with van der Waals surface area (Å²) in [4.78, 5) is 16.1. The Balaban J connectivity index is 1.47. The highest BCUT2D eigenvalue weighted by Crippen LogP contribution is 2.21. The third-order valence-corrected chi connectivity index (χ3v) is 5.47. The van der Waals surface area contributed by atoms with Crippen molar-refractivity contribution >= 4 is 17.3 Å². The van der Waals surface area contributed by atoms with Crippen LogP contribution in [0, 0.1) is 5.82 Å². The van der Waals surface area contributed by atoms with Gasteiger partial charge in [0.05, 0.1) is 43.8 Å². The predicted octanol–water partition coefficient (Wildman–Crippen LogP) is 1.93. The number of nitrogens with zero attached hydrogens (tertiary/aromatic N) is 3. The molecule has 0 amide bonds. The molecule has 4 rings (SSSR count). The van der Waals surface area contributed by atoms with Crippen LogP contribution in [0.1, 0.15) is 5.56 Å². The van der Waals surface area contributed by atoms with Crippen molar-refractivity contribution in [2.45, 2.75) is 6.54 Å². The highest BCUT2D eigenvalue weighted by Gasteiger charge is 2.24. The van der Waals surface area contributed by atoms with Gasteiger partial charge in [-0.1, -0.05) is 48.0 Å². The van der Waals surface area contributed by atoms with Crippen molar-refractivity contribution in [3.05, 3.63) is 87.6 Å². The lowest BCUT2D eigenvalue weighted by Gasteiger charge is -2.33. The zero-order valence-electron chi connectivity index (χ0n) is 15.3. The number of aromatic nitrogens is 2. The van der Waals surface area contributed by atoms with Gasteiger partial charge in [0.2, 0.25) is 0 Å². The fraction of sp³-hybridized carbons (Fsp3) is 0.238. The molecule has 3 aromatic rings. The molecule has 0 atom stereocenters. The van der Waals surface area contributed by atoms with Crippen molar-refractivity contribution in [3.63, 3.8) is 0 Å². The van der Waals surface area contributed by atoms with E-state index in [1.807, 2.05) is 42.5 Å². The van der Waals surface area contributed by atoms with E-state index >= 15 is 0 Å². The van der Waals surface area contributed by atoms with E-state index in [9.17, 15) is 9.18 Å². The Labute approximate surface area is 167 Å². The number of nitrogens with one attached hydrogen (secondary N) is 1. The van der Waals surface area contributed by atoms with Gasteiger partial charge in [0.25, 0.3) is 5.56 Å². The van der Waals surface area contributed by atoms with E-state index in [0.29, 0.717) is 17.9 Å². The van der Waals surface area contributed by atoms with Gasteiger partial charge in [-0.25, -0.2) is 4.39 Å². The summed E-state index contributed by atoms with van der Waals surface area (Å²) in [7, 11) is 0. The predicted molar refractivity (Wildman–Crippen MR) is 108 cm³/mol. The molecular weight excluding hydrogens is 379 g/mol. The maximum Gasteiger partial charge on any atom is 0.292 e. The highest BCUT2D eigenvalue weighted by atomic mass is 35.5. The zero-order chi connectivity index (χ0) is 19.5. The Hall–Kier alpha value is -2.70. The average molecular weight is 400 g/mol. The molecule has 5 nitrogen and oxygen atoms in total. The molecule has 1 aliphatic rings. The molecule has 1 saturated heterocycles. The van der Waals surface area contributed by atoms with Gasteiger partial charge in [0, 0.05) is 5.56 Å². The van der Waals surface area contributed by atoms with Gasteiger partial charge in [-0.3, -0.25) is 4.79 Å². The second-order valence-electron chi connectivity index (χ2n) is 6.90. The Morgan fingerprint density at radius 1 is 1.04 bits per heavy atom. The Morgan fingerprint density at radius 3 is 2.43 bits per heavy atom. The lowest BCUT2D eigenvalue weighted by atomic mass is 10.2. The maximum atomic E-state index is 13.9. The van der Waals surface area contributed by atoms with Crippen molar-refractivity contribution in [1.29, 1.82) is 0 Å². The van der Waals surface area contributed by atoms with E-state index in [4.69, 9.17) is 11.6 Å². The van der Waals surface area contributed by atoms with Crippen LogP contribution < -0.4 is 15.4 Å². The summed E-state index contributed by atoms with van der Waals surface area (Å²) >= 11 is 6.40. The number of anilines is 1. The van der Waals surface area contributed by atoms with Gasteiger partial charge in [0.1, 0.15) is 17.4 Å². The molecule has 1 aromatic heterocycles. The molecule has 144 valence electrons. The van der Waals surface area contributed by atoms with Crippen molar-refractivity contribution in [2.75, 3.05) is 31.1 Å². The lowest BCUT2D eigenvalue weighted by molar-refractivity contribution is -0.914. The minimum Gasteiger partial charge on any atom is -0.358 e. The zero-order valence-corrected chi connectivity index (χ0v) is 16.1. The number of rotatable bonds is 4. The van der Waals surface area contributed by atoms with E-state index in [1.165, 1.54) is 15.6 Å². The van der Waals surface area contributed by atoms with E-state index < -0.39 is 0 Å². The highest BCUT2D eigenvalue weighted by molar-refractivity contribution is 6.33. The number of piperazine rings is 1. The third kappa shape index (κ3) is 3.79. The van der Waals surface area contributed by atoms with Crippen LogP contribution in [0.4, 0.5) is 10.1 Å². The molecule has 0 bridgehead atoms. The summed E-state index contributed by atoms with van der Waals surface area (Å²) in [5.41, 5.74) is 1.74. The molecule has 7 heteroatoms. The van der Waals surface area contributed by atoms with Crippen LogP contribution in [0.25, 0.3) is 5.69 Å². The first-order valence-corrected chi connectivity index (χ1v) is 9.66. The van der Waals surface area contributed by atoms with Crippen LogP contribution >= 0.6 is 11.6 Å². The smallest absolute Gasteiger partial charge is 0.292 e. The SMILES string of the molecule is O=c1c(Cl)c(N2CC[NH+](Cc3ccccc3F)CC2)cnn1-c1ccccc1. The van der Waals surface area contributed by atoms with Gasteiger partial charge < -0.3 is 9.80 Å². The summed E-state index contributed by atoms with van der Waals surface area (Å²) in [6.07, 6.45) is 1.65. The minimum atomic E-state index is -0.327. The van der Waals surface area contributed by atoms with E-state index in [1.54, 1.807) is 12.3 Å². The largest absolute Gasteiger partial charge is 0.358 e. The monoisotopic (exact) mass is 399 g/mol. The molecule has 0 spiro atoms. The molecule has 1 fully saturated rings. The molecule has 0 radical (unpaired) electrons. The molecule has 0 saturated carbocycles. The summed E-state index contributed by atoms with van der Waals surface area (Å²) in [6, 6.07) is 16.1. The van der Waals surface area contributed by atoms with Crippen molar-refractivity contribution in [3.8, 4) is 5.69 Å². The number of para-hydroxylation sites is 1. The lowest BCUT2D eigenvalue weighted by Crippen LogP contribution is -3.13. The number of hydrogen-bond acceptors (Lipinski definition) is 3. The van der Waals surface area contributed by atoms with Crippen LogP contribution in [-0.4, -0.2) is 36.0 Å². The van der Waals surface area contributed by atoms with E-state index in [-0.39, 0.29) is 16.4 Å². The normalized spacial score (nSPS) is 15.0. The topological polar surface area (TPSA) is 42.6 Å². The molecule has 1 N–H and O–H groups in total. The quantitative estimate of drug-likeness (QED) is 0.729. The first-order valence-electron chi connectivity index (χ1n) is 9.28. The number of quaternary nitrogens is 1. The number of hydrogen-bond donors (Lipinski definition) is 1. The molecule has 2 aromatic carbocycles. The Morgan fingerprint density at radius 2 is 1.71 bits per heavy atom. The standard InChI is InChI=1S/C21H20ClFN4O/c22-20-19(14-24-27(21(20)28)17-7-2-1-3-8-17)26-12-10-25(11-13-26)15-16-6-4-5-9-18(16)23/h1-9,14H,10-13,15H2/p+1.